The number of hydrogen-bond acceptors (Lipinski definition) is 7. The molecule has 1 aliphatic heterocycles. The number of hydrogen-bond donors (Lipinski definition) is 1. The molecule has 2 fully saturated rings. The summed E-state index contributed by atoms with van der Waals surface area (Å²) in [7, 11) is 1.57. The molecule has 4 heterocycles. The molecule has 2 aliphatic rings. The molecule has 3 aromatic heterocycles. The normalized spacial score (nSPS) is 18.5. The number of aromatic nitrogens is 6. The smallest absolute Gasteiger partial charge is 0.244 e. The molecule has 4 aromatic rings. The molecule has 1 saturated heterocycles. The van der Waals surface area contributed by atoms with E-state index in [1.165, 1.54) is 0 Å². The number of benzene rings is 1. The molecule has 0 bridgehead atoms. The summed E-state index contributed by atoms with van der Waals surface area (Å²) in [5.41, 5.74) is 3.98. The first-order valence-corrected chi connectivity index (χ1v) is 11.3. The predicted octanol–water partition coefficient (Wildman–Crippen LogP) is 3.49. The number of halogens is 1. The van der Waals surface area contributed by atoms with Gasteiger partial charge in [-0.25, -0.2) is 13.6 Å². The predicted molar refractivity (Wildman–Crippen MR) is 121 cm³/mol. The fourth-order valence-corrected chi connectivity index (χ4v) is 4.96. The maximum Gasteiger partial charge on any atom is 0.244 e. The standard InChI is InChI=1S/C23H26FN7O2/c1-32-21-20-17(15-2-3-18-19(12-15)30(11-9-24)29-27-18)6-10-31(20)28-22(26-21)25-16-4-7-23(8-5-16)13-33-14-23/h2-3,6,10,12,16H,4-5,7-9,11,13-14H2,1H3,(H,25,28)/i10D. The number of fused-ring (bicyclic) bond motifs is 2. The quantitative estimate of drug-likeness (QED) is 0.479. The second kappa shape index (κ2) is 7.95. The lowest BCUT2D eigenvalue weighted by atomic mass is 9.71. The number of aryl methyl sites for hydroxylation is 1. The SMILES string of the molecule is [2H]c1cc(-c2ccc3nnn(CCF)c3c2)c2c(OC)nc(NC3CCC4(CC3)COC4)nn12. The van der Waals surface area contributed by atoms with Gasteiger partial charge in [0.15, 0.2) is 0 Å². The third kappa shape index (κ3) is 3.49. The summed E-state index contributed by atoms with van der Waals surface area (Å²) < 4.78 is 35.6. The van der Waals surface area contributed by atoms with E-state index in [1.54, 1.807) is 22.4 Å². The second-order valence-corrected chi connectivity index (χ2v) is 9.01. The maximum atomic E-state index is 12.9. The Morgan fingerprint density at radius 1 is 1.30 bits per heavy atom. The van der Waals surface area contributed by atoms with Crippen LogP contribution in [0.1, 0.15) is 27.1 Å². The average molecular weight is 453 g/mol. The Morgan fingerprint density at radius 2 is 2.15 bits per heavy atom. The topological polar surface area (TPSA) is 91.4 Å². The van der Waals surface area contributed by atoms with Gasteiger partial charge in [0, 0.05) is 23.2 Å². The van der Waals surface area contributed by atoms with Crippen molar-refractivity contribution in [1.82, 2.24) is 29.6 Å². The monoisotopic (exact) mass is 452 g/mol. The van der Waals surface area contributed by atoms with E-state index in [0.717, 1.165) is 55.5 Å². The van der Waals surface area contributed by atoms with Gasteiger partial charge in [-0.05, 0) is 49.4 Å². The van der Waals surface area contributed by atoms with Crippen LogP contribution in [-0.4, -0.2) is 62.6 Å². The molecule has 1 N–H and O–H groups in total. The summed E-state index contributed by atoms with van der Waals surface area (Å²) in [6, 6.07) is 7.66. The van der Waals surface area contributed by atoms with E-state index in [4.69, 9.17) is 10.8 Å². The van der Waals surface area contributed by atoms with Crippen molar-refractivity contribution in [1.29, 1.82) is 0 Å². The van der Waals surface area contributed by atoms with Gasteiger partial charge >= 0.3 is 0 Å². The highest BCUT2D eigenvalue weighted by molar-refractivity contribution is 5.89. The van der Waals surface area contributed by atoms with E-state index in [1.807, 2.05) is 18.2 Å². The third-order valence-corrected chi connectivity index (χ3v) is 6.91. The van der Waals surface area contributed by atoms with Crippen LogP contribution in [-0.2, 0) is 11.3 Å². The van der Waals surface area contributed by atoms with Crippen LogP contribution in [0.4, 0.5) is 10.3 Å². The Morgan fingerprint density at radius 3 is 2.88 bits per heavy atom. The summed E-state index contributed by atoms with van der Waals surface area (Å²) in [6.45, 7) is 1.36. The summed E-state index contributed by atoms with van der Waals surface area (Å²) in [5.74, 6) is 0.840. The van der Waals surface area contributed by atoms with Crippen molar-refractivity contribution in [2.24, 2.45) is 5.41 Å². The minimum Gasteiger partial charge on any atom is -0.479 e. The zero-order valence-corrected chi connectivity index (χ0v) is 18.4. The highest BCUT2D eigenvalue weighted by Crippen LogP contribution is 2.42. The average Bonchev–Trinajstić information content (AvgIpc) is 3.39. The number of ether oxygens (including phenoxy) is 2. The van der Waals surface area contributed by atoms with Crippen molar-refractivity contribution in [3.8, 4) is 17.0 Å². The lowest BCUT2D eigenvalue weighted by Crippen LogP contribution is -2.47. The number of alkyl halides is 1. The Kier molecular flexibility index (Phi) is 4.63. The molecule has 0 radical (unpaired) electrons. The van der Waals surface area contributed by atoms with Gasteiger partial charge in [-0.3, -0.25) is 0 Å². The van der Waals surface area contributed by atoms with Crippen molar-refractivity contribution >= 4 is 22.5 Å². The van der Waals surface area contributed by atoms with Gasteiger partial charge in [-0.2, -0.15) is 4.98 Å². The van der Waals surface area contributed by atoms with Crippen molar-refractivity contribution in [2.75, 3.05) is 32.3 Å². The molecule has 1 saturated carbocycles. The molecule has 33 heavy (non-hydrogen) atoms. The van der Waals surface area contributed by atoms with Crippen LogP contribution < -0.4 is 10.1 Å². The van der Waals surface area contributed by atoms with E-state index in [-0.39, 0.29) is 18.8 Å². The van der Waals surface area contributed by atoms with Crippen LogP contribution in [0, 0.1) is 5.41 Å². The van der Waals surface area contributed by atoms with Gasteiger partial charge in [0.2, 0.25) is 11.8 Å². The Hall–Kier alpha value is -3.27. The molecule has 6 rings (SSSR count). The lowest BCUT2D eigenvalue weighted by molar-refractivity contribution is -0.131. The molecule has 0 atom stereocenters. The molecule has 172 valence electrons. The summed E-state index contributed by atoms with van der Waals surface area (Å²) >= 11 is 0. The van der Waals surface area contributed by atoms with Crippen LogP contribution in [0.2, 0.25) is 0 Å². The third-order valence-electron chi connectivity index (χ3n) is 6.91. The summed E-state index contributed by atoms with van der Waals surface area (Å²) in [4.78, 5) is 4.63. The van der Waals surface area contributed by atoms with Gasteiger partial charge in [-0.1, -0.05) is 11.3 Å². The van der Waals surface area contributed by atoms with Crippen molar-refractivity contribution in [3.05, 3.63) is 30.4 Å². The first kappa shape index (κ1) is 19.2. The van der Waals surface area contributed by atoms with Crippen LogP contribution in [0.15, 0.2) is 30.4 Å². The van der Waals surface area contributed by atoms with Crippen molar-refractivity contribution < 1.29 is 15.2 Å². The van der Waals surface area contributed by atoms with Crippen LogP contribution >= 0.6 is 0 Å². The fraction of sp³-hybridized carbons (Fsp3) is 0.478. The van der Waals surface area contributed by atoms with E-state index >= 15 is 0 Å². The van der Waals surface area contributed by atoms with Crippen molar-refractivity contribution in [3.63, 3.8) is 0 Å². The molecule has 1 aliphatic carbocycles. The maximum absolute atomic E-state index is 12.9. The summed E-state index contributed by atoms with van der Waals surface area (Å²) in [6.07, 6.45) is 4.57. The highest BCUT2D eigenvalue weighted by atomic mass is 19.1. The summed E-state index contributed by atoms with van der Waals surface area (Å²) in [5, 5.41) is 16.2. The van der Waals surface area contributed by atoms with Gasteiger partial charge in [0.1, 0.15) is 17.7 Å². The van der Waals surface area contributed by atoms with Gasteiger partial charge in [0.05, 0.1) is 33.8 Å². The Labute approximate surface area is 191 Å². The van der Waals surface area contributed by atoms with E-state index in [2.05, 4.69) is 25.7 Å². The largest absolute Gasteiger partial charge is 0.479 e. The lowest BCUT2D eigenvalue weighted by Gasteiger charge is -2.46. The van der Waals surface area contributed by atoms with E-state index < -0.39 is 6.67 Å². The minimum atomic E-state index is -0.526. The molecular weight excluding hydrogens is 425 g/mol. The zero-order valence-electron chi connectivity index (χ0n) is 19.4. The molecule has 0 unspecified atom stereocenters. The number of methoxy groups -OCH3 is 1. The molecule has 9 nitrogen and oxygen atoms in total. The fourth-order valence-electron chi connectivity index (χ4n) is 4.96. The van der Waals surface area contributed by atoms with Gasteiger partial charge < -0.3 is 14.8 Å². The number of rotatable bonds is 6. The molecule has 1 spiro atoms. The zero-order chi connectivity index (χ0) is 23.3. The number of anilines is 1. The first-order valence-electron chi connectivity index (χ1n) is 11.8. The molecule has 0 amide bonds. The van der Waals surface area contributed by atoms with E-state index in [0.29, 0.717) is 28.3 Å². The van der Waals surface area contributed by atoms with Crippen LogP contribution in [0.3, 0.4) is 0 Å². The van der Waals surface area contributed by atoms with Crippen LogP contribution in [0.25, 0.3) is 27.7 Å². The number of nitrogens with one attached hydrogen (secondary N) is 1. The molecule has 1 aromatic carbocycles. The molecular formula is C23H26FN7O2. The number of nitrogens with zero attached hydrogens (tertiary/aromatic N) is 6. The van der Waals surface area contributed by atoms with E-state index in [9.17, 15) is 4.39 Å². The first-order chi connectivity index (χ1) is 16.6. The second-order valence-electron chi connectivity index (χ2n) is 9.01. The molecule has 10 heteroatoms. The van der Waals surface area contributed by atoms with Crippen LogP contribution in [0.5, 0.6) is 5.88 Å². The minimum absolute atomic E-state index is 0.136. The Balaban J connectivity index is 1.35. The van der Waals surface area contributed by atoms with Gasteiger partial charge in [0.25, 0.3) is 0 Å². The highest BCUT2D eigenvalue weighted by Gasteiger charge is 2.41. The Bertz CT molecular complexity index is 1360. The van der Waals surface area contributed by atoms with Gasteiger partial charge in [-0.15, -0.1) is 10.2 Å². The van der Waals surface area contributed by atoms with Crippen molar-refractivity contribution in [2.45, 2.75) is 38.3 Å².